The van der Waals surface area contributed by atoms with Crippen molar-refractivity contribution in [3.05, 3.63) is 23.8 Å². The predicted octanol–water partition coefficient (Wildman–Crippen LogP) is 2.41. The Morgan fingerprint density at radius 2 is 2.08 bits per heavy atom. The van der Waals surface area contributed by atoms with Gasteiger partial charge in [0.25, 0.3) is 0 Å². The largest absolute Gasteiger partial charge is 0.305 e. The Hall–Kier alpha value is -0.630. The molecule has 0 amide bonds. The first-order chi connectivity index (χ1) is 5.70. The second-order valence-corrected chi connectivity index (χ2v) is 2.98. The van der Waals surface area contributed by atoms with E-state index in [1.54, 1.807) is 6.08 Å². The SMILES string of the molecule is CC/C=C(\C=C/CF)CN(C)C. The first-order valence-electron chi connectivity index (χ1n) is 4.27. The molecule has 0 saturated carbocycles. The maximum absolute atomic E-state index is 11.8. The maximum atomic E-state index is 11.8. The van der Waals surface area contributed by atoms with Gasteiger partial charge in [0.1, 0.15) is 6.67 Å². The first-order valence-corrected chi connectivity index (χ1v) is 4.27. The molecule has 0 spiro atoms. The Bertz CT molecular complexity index is 159. The number of halogens is 1. The summed E-state index contributed by atoms with van der Waals surface area (Å²) in [5.41, 5.74) is 1.18. The van der Waals surface area contributed by atoms with Crippen molar-refractivity contribution in [1.82, 2.24) is 4.90 Å². The second-order valence-electron chi connectivity index (χ2n) is 2.98. The molecular weight excluding hydrogens is 153 g/mol. The Morgan fingerprint density at radius 3 is 2.50 bits per heavy atom. The van der Waals surface area contributed by atoms with Crippen LogP contribution in [0.2, 0.25) is 0 Å². The standard InChI is InChI=1S/C10H18FN/c1-4-6-10(7-5-8-11)9-12(2)3/h5-7H,4,8-9H2,1-3H3/b7-5-,10-6+. The maximum Gasteiger partial charge on any atom is 0.108 e. The second kappa shape index (κ2) is 7.04. The number of hydrogen-bond acceptors (Lipinski definition) is 1. The lowest BCUT2D eigenvalue weighted by atomic mass is 10.2. The summed E-state index contributed by atoms with van der Waals surface area (Å²) >= 11 is 0. The average Bonchev–Trinajstić information content (AvgIpc) is 2.00. The monoisotopic (exact) mass is 171 g/mol. The van der Waals surface area contributed by atoms with Gasteiger partial charge in [0.05, 0.1) is 0 Å². The quantitative estimate of drug-likeness (QED) is 0.574. The fourth-order valence-electron chi connectivity index (χ4n) is 1.01. The van der Waals surface area contributed by atoms with Gasteiger partial charge in [-0.2, -0.15) is 0 Å². The topological polar surface area (TPSA) is 3.24 Å². The molecule has 0 saturated heterocycles. The normalized spacial score (nSPS) is 13.2. The van der Waals surface area contributed by atoms with Crippen LogP contribution < -0.4 is 0 Å². The average molecular weight is 171 g/mol. The number of nitrogens with zero attached hydrogens (tertiary/aromatic N) is 1. The Labute approximate surface area is 74.6 Å². The summed E-state index contributed by atoms with van der Waals surface area (Å²) < 4.78 is 11.8. The lowest BCUT2D eigenvalue weighted by Crippen LogP contribution is -2.14. The minimum atomic E-state index is -0.380. The smallest absolute Gasteiger partial charge is 0.108 e. The number of allylic oxidation sites excluding steroid dienone is 2. The first kappa shape index (κ1) is 11.4. The van der Waals surface area contributed by atoms with Crippen molar-refractivity contribution in [2.45, 2.75) is 13.3 Å². The van der Waals surface area contributed by atoms with Crippen LogP contribution in [-0.4, -0.2) is 32.2 Å². The van der Waals surface area contributed by atoms with Crippen LogP contribution in [0.4, 0.5) is 4.39 Å². The fourth-order valence-corrected chi connectivity index (χ4v) is 1.01. The molecule has 1 nitrogen and oxygen atoms in total. The molecule has 0 radical (unpaired) electrons. The summed E-state index contributed by atoms with van der Waals surface area (Å²) in [6.07, 6.45) is 6.51. The lowest BCUT2D eigenvalue weighted by molar-refractivity contribution is 0.448. The van der Waals surface area contributed by atoms with Crippen LogP contribution >= 0.6 is 0 Å². The van der Waals surface area contributed by atoms with E-state index in [1.165, 1.54) is 5.57 Å². The van der Waals surface area contributed by atoms with Crippen molar-refractivity contribution in [3.63, 3.8) is 0 Å². The summed E-state index contributed by atoms with van der Waals surface area (Å²) in [4.78, 5) is 2.07. The number of likely N-dealkylation sites (N-methyl/N-ethyl adjacent to an activating group) is 1. The van der Waals surface area contributed by atoms with E-state index in [1.807, 2.05) is 20.2 Å². The van der Waals surface area contributed by atoms with Crippen molar-refractivity contribution in [1.29, 1.82) is 0 Å². The van der Waals surface area contributed by atoms with E-state index in [0.29, 0.717) is 0 Å². The van der Waals surface area contributed by atoms with Crippen molar-refractivity contribution in [3.8, 4) is 0 Å². The number of alkyl halides is 1. The van der Waals surface area contributed by atoms with E-state index in [-0.39, 0.29) is 6.67 Å². The van der Waals surface area contributed by atoms with Gasteiger partial charge in [-0.05, 0) is 26.1 Å². The lowest BCUT2D eigenvalue weighted by Gasteiger charge is -2.09. The van der Waals surface area contributed by atoms with Crippen LogP contribution in [0.5, 0.6) is 0 Å². The minimum Gasteiger partial charge on any atom is -0.305 e. The molecule has 0 aliphatic carbocycles. The molecule has 70 valence electrons. The van der Waals surface area contributed by atoms with Crippen molar-refractivity contribution in [2.75, 3.05) is 27.3 Å². The summed E-state index contributed by atoms with van der Waals surface area (Å²) in [5, 5.41) is 0. The van der Waals surface area contributed by atoms with E-state index >= 15 is 0 Å². The van der Waals surface area contributed by atoms with E-state index < -0.39 is 0 Å². The van der Waals surface area contributed by atoms with E-state index in [2.05, 4.69) is 17.9 Å². The molecule has 12 heavy (non-hydrogen) atoms. The zero-order valence-electron chi connectivity index (χ0n) is 8.18. The zero-order valence-corrected chi connectivity index (χ0v) is 8.18. The zero-order chi connectivity index (χ0) is 9.40. The highest BCUT2D eigenvalue weighted by Gasteiger charge is 1.93. The van der Waals surface area contributed by atoms with Crippen molar-refractivity contribution < 1.29 is 4.39 Å². The summed E-state index contributed by atoms with van der Waals surface area (Å²) in [7, 11) is 4.01. The molecule has 0 N–H and O–H groups in total. The molecule has 2 heteroatoms. The highest BCUT2D eigenvalue weighted by atomic mass is 19.1. The third kappa shape index (κ3) is 6.10. The summed E-state index contributed by atoms with van der Waals surface area (Å²) in [6, 6.07) is 0. The van der Waals surface area contributed by atoms with Gasteiger partial charge in [-0.3, -0.25) is 0 Å². The van der Waals surface area contributed by atoms with Gasteiger partial charge < -0.3 is 4.90 Å². The third-order valence-electron chi connectivity index (χ3n) is 1.39. The molecular formula is C10H18FN. The van der Waals surface area contributed by atoms with E-state index in [0.717, 1.165) is 13.0 Å². The van der Waals surface area contributed by atoms with Gasteiger partial charge in [0.2, 0.25) is 0 Å². The third-order valence-corrected chi connectivity index (χ3v) is 1.39. The van der Waals surface area contributed by atoms with Crippen LogP contribution in [0.3, 0.4) is 0 Å². The van der Waals surface area contributed by atoms with Gasteiger partial charge in [-0.15, -0.1) is 0 Å². The molecule has 0 aromatic heterocycles. The molecule has 0 fully saturated rings. The molecule has 0 aliphatic rings. The van der Waals surface area contributed by atoms with Gasteiger partial charge in [-0.1, -0.05) is 25.2 Å². The molecule has 0 heterocycles. The van der Waals surface area contributed by atoms with E-state index in [9.17, 15) is 4.39 Å². The van der Waals surface area contributed by atoms with Gasteiger partial charge in [0, 0.05) is 6.54 Å². The van der Waals surface area contributed by atoms with E-state index in [4.69, 9.17) is 0 Å². The van der Waals surface area contributed by atoms with Crippen LogP contribution in [0.25, 0.3) is 0 Å². The van der Waals surface area contributed by atoms with Crippen molar-refractivity contribution in [2.24, 2.45) is 0 Å². The van der Waals surface area contributed by atoms with Crippen LogP contribution in [-0.2, 0) is 0 Å². The summed E-state index contributed by atoms with van der Waals surface area (Å²) in [6.45, 7) is 2.58. The van der Waals surface area contributed by atoms with Gasteiger partial charge >= 0.3 is 0 Å². The highest BCUT2D eigenvalue weighted by molar-refractivity contribution is 5.20. The van der Waals surface area contributed by atoms with Crippen LogP contribution in [0.15, 0.2) is 23.8 Å². The molecule has 0 aliphatic heterocycles. The highest BCUT2D eigenvalue weighted by Crippen LogP contribution is 2.00. The summed E-state index contributed by atoms with van der Waals surface area (Å²) in [5.74, 6) is 0. The van der Waals surface area contributed by atoms with Crippen molar-refractivity contribution >= 4 is 0 Å². The fraction of sp³-hybridized carbons (Fsp3) is 0.600. The number of hydrogen-bond donors (Lipinski definition) is 0. The molecule has 0 aromatic rings. The number of rotatable bonds is 5. The predicted molar refractivity (Wildman–Crippen MR) is 52.0 cm³/mol. The van der Waals surface area contributed by atoms with Gasteiger partial charge in [0.15, 0.2) is 0 Å². The van der Waals surface area contributed by atoms with Crippen LogP contribution in [0.1, 0.15) is 13.3 Å². The molecule has 0 atom stereocenters. The Kier molecular flexibility index (Phi) is 6.67. The molecule has 0 rings (SSSR count). The molecule has 0 aromatic carbocycles. The van der Waals surface area contributed by atoms with Crippen LogP contribution in [0, 0.1) is 0 Å². The Morgan fingerprint density at radius 1 is 1.42 bits per heavy atom. The van der Waals surface area contributed by atoms with Gasteiger partial charge in [-0.25, -0.2) is 4.39 Å². The Balaban J connectivity index is 4.05. The molecule has 0 bridgehead atoms. The minimum absolute atomic E-state index is 0.380. The molecule has 0 unspecified atom stereocenters.